The zero-order chi connectivity index (χ0) is 13.8. The second kappa shape index (κ2) is 5.95. The molecular weight excluding hydrogens is 243 g/mol. The lowest BCUT2D eigenvalue weighted by molar-refractivity contribution is 0.517. The topological polar surface area (TPSA) is 55.9 Å². The number of halogens is 1. The van der Waals surface area contributed by atoms with Crippen molar-refractivity contribution in [3.63, 3.8) is 0 Å². The monoisotopic (exact) mass is 262 g/mol. The number of rotatable bonds is 5. The average molecular weight is 262 g/mol. The molecule has 102 valence electrons. The molecule has 0 spiro atoms. The Balaban J connectivity index is 2.44. The van der Waals surface area contributed by atoms with Crippen LogP contribution in [0.15, 0.2) is 30.5 Å². The van der Waals surface area contributed by atoms with Crippen molar-refractivity contribution in [2.75, 3.05) is 0 Å². The summed E-state index contributed by atoms with van der Waals surface area (Å²) in [6, 6.07) is 6.38. The van der Waals surface area contributed by atoms with Gasteiger partial charge in [0.1, 0.15) is 5.82 Å². The molecule has 0 bridgehead atoms. The van der Waals surface area contributed by atoms with Crippen LogP contribution in [0, 0.1) is 12.7 Å². The maximum Gasteiger partial charge on any atom is 0.123 e. The number of nitrogens with two attached hydrogens (primary N) is 1. The van der Waals surface area contributed by atoms with Gasteiger partial charge in [0.2, 0.25) is 0 Å². The fourth-order valence-electron chi connectivity index (χ4n) is 2.24. The zero-order valence-electron chi connectivity index (χ0n) is 11.2. The van der Waals surface area contributed by atoms with Gasteiger partial charge in [-0.3, -0.25) is 10.5 Å². The summed E-state index contributed by atoms with van der Waals surface area (Å²) in [5.41, 5.74) is 5.53. The number of benzene rings is 1. The highest BCUT2D eigenvalue weighted by molar-refractivity contribution is 5.34. The number of hydrazine groups is 1. The van der Waals surface area contributed by atoms with E-state index in [1.807, 2.05) is 17.7 Å². The van der Waals surface area contributed by atoms with Crippen LogP contribution in [-0.4, -0.2) is 9.78 Å². The summed E-state index contributed by atoms with van der Waals surface area (Å²) >= 11 is 0. The van der Waals surface area contributed by atoms with Crippen molar-refractivity contribution in [1.29, 1.82) is 0 Å². The van der Waals surface area contributed by atoms with Crippen LogP contribution in [0.3, 0.4) is 0 Å². The number of hydrogen-bond acceptors (Lipinski definition) is 3. The largest absolute Gasteiger partial charge is 0.271 e. The van der Waals surface area contributed by atoms with Crippen LogP contribution in [0.2, 0.25) is 0 Å². The van der Waals surface area contributed by atoms with Gasteiger partial charge < -0.3 is 0 Å². The molecule has 4 nitrogen and oxygen atoms in total. The highest BCUT2D eigenvalue weighted by Gasteiger charge is 2.19. The Kier molecular flexibility index (Phi) is 4.29. The van der Waals surface area contributed by atoms with Gasteiger partial charge in [0.05, 0.1) is 11.7 Å². The molecule has 0 amide bonds. The highest BCUT2D eigenvalue weighted by Crippen LogP contribution is 2.25. The molecule has 2 rings (SSSR count). The molecule has 0 aliphatic heterocycles. The van der Waals surface area contributed by atoms with Crippen molar-refractivity contribution < 1.29 is 4.39 Å². The van der Waals surface area contributed by atoms with Gasteiger partial charge >= 0.3 is 0 Å². The second-order valence-electron chi connectivity index (χ2n) is 4.58. The first-order valence-electron chi connectivity index (χ1n) is 6.41. The highest BCUT2D eigenvalue weighted by atomic mass is 19.1. The second-order valence-corrected chi connectivity index (χ2v) is 4.58. The van der Waals surface area contributed by atoms with Crippen LogP contribution in [0.25, 0.3) is 0 Å². The first-order valence-corrected chi connectivity index (χ1v) is 6.41. The first kappa shape index (κ1) is 13.7. The van der Waals surface area contributed by atoms with Crippen molar-refractivity contribution in [2.24, 2.45) is 5.84 Å². The lowest BCUT2D eigenvalue weighted by atomic mass is 9.99. The van der Waals surface area contributed by atoms with Crippen LogP contribution in [-0.2, 0) is 6.54 Å². The third-order valence-corrected chi connectivity index (χ3v) is 3.20. The van der Waals surface area contributed by atoms with Crippen molar-refractivity contribution in [1.82, 2.24) is 15.2 Å². The van der Waals surface area contributed by atoms with E-state index in [-0.39, 0.29) is 11.9 Å². The first-order chi connectivity index (χ1) is 9.17. The van der Waals surface area contributed by atoms with Crippen LogP contribution >= 0.6 is 0 Å². The summed E-state index contributed by atoms with van der Waals surface area (Å²) in [5, 5.41) is 4.28. The van der Waals surface area contributed by atoms with Crippen LogP contribution in [0.1, 0.15) is 36.2 Å². The molecule has 0 saturated heterocycles. The van der Waals surface area contributed by atoms with Crippen molar-refractivity contribution >= 4 is 0 Å². The van der Waals surface area contributed by atoms with E-state index in [4.69, 9.17) is 5.84 Å². The molecule has 1 aromatic carbocycles. The predicted molar refractivity (Wildman–Crippen MR) is 72.8 cm³/mol. The standard InChI is InChI=1S/C14H19FN4/c1-3-8-19-13(6-7-17-19)14(18-16)12-9-11(15)5-4-10(12)2/h4-7,9,14,18H,3,8,16H2,1-2H3. The molecule has 0 fully saturated rings. The molecule has 0 aliphatic rings. The maximum atomic E-state index is 13.4. The normalized spacial score (nSPS) is 12.6. The molecule has 0 aliphatic carbocycles. The zero-order valence-corrected chi connectivity index (χ0v) is 11.2. The Morgan fingerprint density at radius 1 is 1.42 bits per heavy atom. The van der Waals surface area contributed by atoms with E-state index in [1.54, 1.807) is 12.3 Å². The quantitative estimate of drug-likeness (QED) is 0.642. The molecule has 3 N–H and O–H groups in total. The van der Waals surface area contributed by atoms with E-state index >= 15 is 0 Å². The third-order valence-electron chi connectivity index (χ3n) is 3.20. The van der Waals surface area contributed by atoms with Gasteiger partial charge in [-0.2, -0.15) is 5.10 Å². The fraction of sp³-hybridized carbons (Fsp3) is 0.357. The molecule has 0 radical (unpaired) electrons. The molecular formula is C14H19FN4. The lowest BCUT2D eigenvalue weighted by Gasteiger charge is -2.20. The minimum Gasteiger partial charge on any atom is -0.271 e. The number of hydrogen-bond donors (Lipinski definition) is 2. The molecule has 2 aromatic rings. The predicted octanol–water partition coefficient (Wildman–Crippen LogP) is 2.29. The minimum absolute atomic E-state index is 0.259. The van der Waals surface area contributed by atoms with Crippen LogP contribution in [0.5, 0.6) is 0 Å². The van der Waals surface area contributed by atoms with E-state index in [2.05, 4.69) is 17.4 Å². The molecule has 1 heterocycles. The Bertz CT molecular complexity index is 550. The van der Waals surface area contributed by atoms with E-state index in [0.717, 1.165) is 29.8 Å². The molecule has 19 heavy (non-hydrogen) atoms. The summed E-state index contributed by atoms with van der Waals surface area (Å²) in [6.07, 6.45) is 2.72. The SMILES string of the molecule is CCCn1nccc1C(NN)c1cc(F)ccc1C. The van der Waals surface area contributed by atoms with Gasteiger partial charge in [-0.25, -0.2) is 9.82 Å². The molecule has 1 aromatic heterocycles. The van der Waals surface area contributed by atoms with E-state index in [1.165, 1.54) is 12.1 Å². The Labute approximate surface area is 112 Å². The molecule has 1 unspecified atom stereocenters. The lowest BCUT2D eigenvalue weighted by Crippen LogP contribution is -2.31. The molecule has 1 atom stereocenters. The average Bonchev–Trinajstić information content (AvgIpc) is 2.83. The van der Waals surface area contributed by atoms with Gasteiger partial charge in [0.25, 0.3) is 0 Å². The number of nitrogens with one attached hydrogen (secondary N) is 1. The van der Waals surface area contributed by atoms with E-state index < -0.39 is 0 Å². The van der Waals surface area contributed by atoms with E-state index in [9.17, 15) is 4.39 Å². The number of aromatic nitrogens is 2. The number of aryl methyl sites for hydroxylation is 2. The van der Waals surface area contributed by atoms with Gasteiger partial charge in [0.15, 0.2) is 0 Å². The minimum atomic E-state index is -0.262. The molecule has 0 saturated carbocycles. The Hall–Kier alpha value is -1.72. The smallest absolute Gasteiger partial charge is 0.123 e. The Morgan fingerprint density at radius 3 is 2.89 bits per heavy atom. The summed E-state index contributed by atoms with van der Waals surface area (Å²) in [6.45, 7) is 4.85. The summed E-state index contributed by atoms with van der Waals surface area (Å²) in [7, 11) is 0. The van der Waals surface area contributed by atoms with Crippen molar-refractivity contribution in [3.8, 4) is 0 Å². The van der Waals surface area contributed by atoms with Crippen molar-refractivity contribution in [3.05, 3.63) is 53.1 Å². The van der Waals surface area contributed by atoms with Crippen LogP contribution in [0.4, 0.5) is 4.39 Å². The molecule has 5 heteroatoms. The third kappa shape index (κ3) is 2.83. The van der Waals surface area contributed by atoms with E-state index in [0.29, 0.717) is 0 Å². The number of nitrogens with zero attached hydrogens (tertiary/aromatic N) is 2. The van der Waals surface area contributed by atoms with Gasteiger partial charge in [-0.05, 0) is 42.7 Å². The summed E-state index contributed by atoms with van der Waals surface area (Å²) in [4.78, 5) is 0. The Morgan fingerprint density at radius 2 is 2.21 bits per heavy atom. The van der Waals surface area contributed by atoms with Crippen molar-refractivity contribution in [2.45, 2.75) is 32.9 Å². The van der Waals surface area contributed by atoms with Gasteiger partial charge in [0, 0.05) is 12.7 Å². The fourth-order valence-corrected chi connectivity index (χ4v) is 2.24. The summed E-state index contributed by atoms with van der Waals surface area (Å²) < 4.78 is 15.3. The van der Waals surface area contributed by atoms with Crippen LogP contribution < -0.4 is 11.3 Å². The maximum absolute atomic E-state index is 13.4. The van der Waals surface area contributed by atoms with Gasteiger partial charge in [-0.1, -0.05) is 13.0 Å². The summed E-state index contributed by atoms with van der Waals surface area (Å²) in [5.74, 6) is 5.40. The van der Waals surface area contributed by atoms with Gasteiger partial charge in [-0.15, -0.1) is 0 Å².